The molecule has 1 aromatic carbocycles. The topological polar surface area (TPSA) is 55.1 Å². The Morgan fingerprint density at radius 2 is 2.26 bits per heavy atom. The molecule has 0 fully saturated rings. The number of hydrogen-bond donors (Lipinski definition) is 1. The van der Waals surface area contributed by atoms with Crippen LogP contribution in [0.1, 0.15) is 29.5 Å². The molecule has 1 N–H and O–H groups in total. The van der Waals surface area contributed by atoms with Crippen LogP contribution in [-0.4, -0.2) is 32.6 Å². The van der Waals surface area contributed by atoms with Gasteiger partial charge in [0.15, 0.2) is 0 Å². The summed E-state index contributed by atoms with van der Waals surface area (Å²) in [6, 6.07) is 5.17. The fourth-order valence-corrected chi connectivity index (χ4v) is 2.62. The van der Waals surface area contributed by atoms with Gasteiger partial charge in [-0.25, -0.2) is 9.78 Å². The Morgan fingerprint density at radius 1 is 1.47 bits per heavy atom. The number of aromatic carboxylic acids is 1. The van der Waals surface area contributed by atoms with Gasteiger partial charge in [0, 0.05) is 13.0 Å². The van der Waals surface area contributed by atoms with Crippen molar-refractivity contribution in [3.63, 3.8) is 0 Å². The average molecular weight is 278 g/mol. The van der Waals surface area contributed by atoms with Crippen LogP contribution in [0.25, 0.3) is 11.0 Å². The highest BCUT2D eigenvalue weighted by Gasteiger charge is 2.11. The molecule has 0 saturated heterocycles. The third-order valence-corrected chi connectivity index (χ3v) is 3.82. The van der Waals surface area contributed by atoms with Crippen LogP contribution < -0.4 is 0 Å². The Kier molecular flexibility index (Phi) is 4.47. The summed E-state index contributed by atoms with van der Waals surface area (Å²) in [6.45, 7) is 3.01. The highest BCUT2D eigenvalue weighted by molar-refractivity contribution is 7.98. The molecule has 0 saturated carbocycles. The minimum absolute atomic E-state index is 0.295. The molecule has 4 nitrogen and oxygen atoms in total. The van der Waals surface area contributed by atoms with Crippen LogP contribution in [0.4, 0.5) is 0 Å². The number of thioether (sulfide) groups is 1. The molecule has 19 heavy (non-hydrogen) atoms. The number of fused-ring (bicyclic) bond motifs is 1. The zero-order valence-corrected chi connectivity index (χ0v) is 12.0. The Morgan fingerprint density at radius 3 is 2.89 bits per heavy atom. The van der Waals surface area contributed by atoms with E-state index in [9.17, 15) is 4.79 Å². The number of hydrogen-bond acceptors (Lipinski definition) is 3. The van der Waals surface area contributed by atoms with E-state index in [2.05, 4.69) is 22.7 Å². The van der Waals surface area contributed by atoms with Crippen LogP contribution in [0.3, 0.4) is 0 Å². The summed E-state index contributed by atoms with van der Waals surface area (Å²) in [6.07, 6.45) is 4.06. The van der Waals surface area contributed by atoms with Gasteiger partial charge in [-0.2, -0.15) is 11.8 Å². The van der Waals surface area contributed by atoms with E-state index < -0.39 is 5.97 Å². The molecule has 102 valence electrons. The molecule has 0 atom stereocenters. The number of carbonyl (C=O) groups is 1. The zero-order valence-electron chi connectivity index (χ0n) is 11.2. The van der Waals surface area contributed by atoms with Gasteiger partial charge in [-0.3, -0.25) is 0 Å². The highest BCUT2D eigenvalue weighted by atomic mass is 32.2. The van der Waals surface area contributed by atoms with Crippen molar-refractivity contribution in [2.45, 2.75) is 26.3 Å². The van der Waals surface area contributed by atoms with Gasteiger partial charge in [0.25, 0.3) is 0 Å². The van der Waals surface area contributed by atoms with E-state index >= 15 is 0 Å². The van der Waals surface area contributed by atoms with Crippen molar-refractivity contribution in [3.8, 4) is 0 Å². The third-order valence-electron chi connectivity index (χ3n) is 3.12. The quantitative estimate of drug-likeness (QED) is 0.825. The zero-order chi connectivity index (χ0) is 13.8. The first-order valence-electron chi connectivity index (χ1n) is 6.38. The van der Waals surface area contributed by atoms with E-state index in [1.807, 2.05) is 17.8 Å². The summed E-state index contributed by atoms with van der Waals surface area (Å²) in [7, 11) is 0. The molecular weight excluding hydrogens is 260 g/mol. The lowest BCUT2D eigenvalue weighted by molar-refractivity contribution is 0.0697. The molecule has 0 bridgehead atoms. The van der Waals surface area contributed by atoms with Crippen molar-refractivity contribution < 1.29 is 9.90 Å². The number of imidazole rings is 1. The molecule has 0 spiro atoms. The van der Waals surface area contributed by atoms with Crippen molar-refractivity contribution in [2.24, 2.45) is 0 Å². The number of benzene rings is 1. The van der Waals surface area contributed by atoms with Gasteiger partial charge >= 0.3 is 5.97 Å². The number of aromatic nitrogens is 2. The second kappa shape index (κ2) is 6.10. The lowest BCUT2D eigenvalue weighted by atomic mass is 10.2. The van der Waals surface area contributed by atoms with E-state index in [0.717, 1.165) is 42.0 Å². The smallest absolute Gasteiger partial charge is 0.335 e. The Labute approximate surface area is 116 Å². The number of rotatable bonds is 6. The molecule has 0 amide bonds. The van der Waals surface area contributed by atoms with Crippen molar-refractivity contribution >= 4 is 28.8 Å². The first-order valence-corrected chi connectivity index (χ1v) is 7.78. The Bertz CT molecular complexity index is 592. The van der Waals surface area contributed by atoms with Crippen LogP contribution in [0.5, 0.6) is 0 Å². The van der Waals surface area contributed by atoms with E-state index in [1.54, 1.807) is 12.1 Å². The van der Waals surface area contributed by atoms with E-state index in [0.29, 0.717) is 5.56 Å². The largest absolute Gasteiger partial charge is 0.478 e. The second-order valence-corrected chi connectivity index (χ2v) is 5.37. The summed E-state index contributed by atoms with van der Waals surface area (Å²) in [5, 5.41) is 9.01. The van der Waals surface area contributed by atoms with Gasteiger partial charge in [-0.1, -0.05) is 6.92 Å². The maximum absolute atomic E-state index is 11.0. The van der Waals surface area contributed by atoms with Crippen LogP contribution in [0.2, 0.25) is 0 Å². The Balaban J connectivity index is 2.40. The second-order valence-electron chi connectivity index (χ2n) is 4.39. The summed E-state index contributed by atoms with van der Waals surface area (Å²) in [4.78, 5) is 15.5. The molecule has 0 aliphatic carbocycles. The lowest BCUT2D eigenvalue weighted by Crippen LogP contribution is -2.04. The van der Waals surface area contributed by atoms with Crippen LogP contribution >= 0.6 is 11.8 Å². The molecule has 0 unspecified atom stereocenters. The third kappa shape index (κ3) is 2.92. The van der Waals surface area contributed by atoms with Gasteiger partial charge < -0.3 is 9.67 Å². The summed E-state index contributed by atoms with van der Waals surface area (Å²) >= 11 is 1.84. The summed E-state index contributed by atoms with van der Waals surface area (Å²) < 4.78 is 2.21. The maximum Gasteiger partial charge on any atom is 0.335 e. The van der Waals surface area contributed by atoms with E-state index in [1.165, 1.54) is 0 Å². The fourth-order valence-electron chi connectivity index (χ4n) is 2.20. The minimum atomic E-state index is -0.906. The predicted molar refractivity (Wildman–Crippen MR) is 79.1 cm³/mol. The first-order chi connectivity index (χ1) is 9.17. The van der Waals surface area contributed by atoms with Crippen molar-refractivity contribution in [1.29, 1.82) is 0 Å². The number of nitrogens with zero attached hydrogens (tertiary/aromatic N) is 2. The normalized spacial score (nSPS) is 11.1. The average Bonchev–Trinajstić information content (AvgIpc) is 2.76. The van der Waals surface area contributed by atoms with Crippen molar-refractivity contribution in [2.75, 3.05) is 12.0 Å². The molecule has 0 aliphatic rings. The van der Waals surface area contributed by atoms with Crippen LogP contribution in [0, 0.1) is 0 Å². The first kappa shape index (κ1) is 13.9. The highest BCUT2D eigenvalue weighted by Crippen LogP contribution is 2.19. The monoisotopic (exact) mass is 278 g/mol. The summed E-state index contributed by atoms with van der Waals surface area (Å²) in [5.74, 6) is 1.24. The summed E-state index contributed by atoms with van der Waals surface area (Å²) in [5.41, 5.74) is 2.10. The molecule has 1 aromatic heterocycles. The van der Waals surface area contributed by atoms with Gasteiger partial charge in [-0.05, 0) is 36.6 Å². The SMILES string of the molecule is CCc1nc2cc(C(=O)O)ccc2n1CCCSC. The van der Waals surface area contributed by atoms with Gasteiger partial charge in [0.2, 0.25) is 0 Å². The minimum Gasteiger partial charge on any atom is -0.478 e. The van der Waals surface area contributed by atoms with Crippen molar-refractivity contribution in [3.05, 3.63) is 29.6 Å². The number of carboxylic acid groups (broad SMARTS) is 1. The molecule has 2 rings (SSSR count). The molecule has 5 heteroatoms. The maximum atomic E-state index is 11.0. The lowest BCUT2D eigenvalue weighted by Gasteiger charge is -2.07. The standard InChI is InChI=1S/C14H18N2O2S/c1-3-13-15-11-9-10(14(17)18)5-6-12(11)16(13)7-4-8-19-2/h5-6,9H,3-4,7-8H2,1-2H3,(H,17,18). The molecule has 0 aliphatic heterocycles. The van der Waals surface area contributed by atoms with Gasteiger partial charge in [-0.15, -0.1) is 0 Å². The van der Waals surface area contributed by atoms with Crippen LogP contribution in [-0.2, 0) is 13.0 Å². The predicted octanol–water partition coefficient (Wildman–Crippen LogP) is 3.05. The number of carboxylic acids is 1. The molecule has 1 heterocycles. The molecule has 0 radical (unpaired) electrons. The molecular formula is C14H18N2O2S. The van der Waals surface area contributed by atoms with Crippen molar-refractivity contribution in [1.82, 2.24) is 9.55 Å². The van der Waals surface area contributed by atoms with Gasteiger partial charge in [0.1, 0.15) is 5.82 Å². The number of aryl methyl sites for hydroxylation is 2. The van der Waals surface area contributed by atoms with Crippen LogP contribution in [0.15, 0.2) is 18.2 Å². The van der Waals surface area contributed by atoms with Gasteiger partial charge in [0.05, 0.1) is 16.6 Å². The van der Waals surface area contributed by atoms with E-state index in [-0.39, 0.29) is 0 Å². The Hall–Kier alpha value is -1.49. The fraction of sp³-hybridized carbons (Fsp3) is 0.429. The molecule has 2 aromatic rings. The van der Waals surface area contributed by atoms with E-state index in [4.69, 9.17) is 5.11 Å².